The van der Waals surface area contributed by atoms with Crippen LogP contribution in [0.15, 0.2) is 22.8 Å². The van der Waals surface area contributed by atoms with Crippen molar-refractivity contribution in [2.45, 2.75) is 25.7 Å². The Morgan fingerprint density at radius 3 is 2.75 bits per heavy atom. The van der Waals surface area contributed by atoms with Crippen LogP contribution in [0.3, 0.4) is 0 Å². The number of aliphatic hydroxyl groups is 1. The van der Waals surface area contributed by atoms with Crippen LogP contribution in [0.4, 0.5) is 0 Å². The predicted octanol–water partition coefficient (Wildman–Crippen LogP) is 1.98. The van der Waals surface area contributed by atoms with Gasteiger partial charge in [0.15, 0.2) is 0 Å². The molecule has 12 heavy (non-hydrogen) atoms. The van der Waals surface area contributed by atoms with Crippen molar-refractivity contribution < 1.29 is 9.52 Å². The number of hydrogen-bond acceptors (Lipinski definition) is 2. The lowest BCUT2D eigenvalue weighted by Gasteiger charge is -2.39. The fourth-order valence-electron chi connectivity index (χ4n) is 1.85. The van der Waals surface area contributed by atoms with Gasteiger partial charge in [0, 0.05) is 18.4 Å². The summed E-state index contributed by atoms with van der Waals surface area (Å²) in [5.41, 5.74) is 0.151. The Morgan fingerprint density at radius 2 is 2.33 bits per heavy atom. The first-order valence-electron chi connectivity index (χ1n) is 4.48. The first kappa shape index (κ1) is 7.87. The first-order valence-corrected chi connectivity index (χ1v) is 4.48. The average Bonchev–Trinajstić information content (AvgIpc) is 2.49. The van der Waals surface area contributed by atoms with Crippen LogP contribution < -0.4 is 0 Å². The molecular formula is C10H14O2. The molecule has 0 aromatic carbocycles. The fourth-order valence-corrected chi connectivity index (χ4v) is 1.85. The SMILES string of the molecule is OCC1(Cc2ccco2)CCC1. The molecule has 0 amide bonds. The van der Waals surface area contributed by atoms with Crippen molar-refractivity contribution in [1.29, 1.82) is 0 Å². The fraction of sp³-hybridized carbons (Fsp3) is 0.600. The van der Waals surface area contributed by atoms with E-state index in [1.165, 1.54) is 6.42 Å². The highest BCUT2D eigenvalue weighted by atomic mass is 16.3. The highest BCUT2D eigenvalue weighted by Crippen LogP contribution is 2.43. The van der Waals surface area contributed by atoms with Gasteiger partial charge in [0.1, 0.15) is 5.76 Å². The van der Waals surface area contributed by atoms with E-state index in [9.17, 15) is 5.11 Å². The second-order valence-corrected chi connectivity index (χ2v) is 3.77. The second-order valence-electron chi connectivity index (χ2n) is 3.77. The summed E-state index contributed by atoms with van der Waals surface area (Å²) in [5, 5.41) is 9.19. The second kappa shape index (κ2) is 2.94. The van der Waals surface area contributed by atoms with Crippen molar-refractivity contribution in [3.63, 3.8) is 0 Å². The monoisotopic (exact) mass is 166 g/mol. The Balaban J connectivity index is 2.01. The molecule has 0 radical (unpaired) electrons. The molecule has 1 aliphatic carbocycles. The van der Waals surface area contributed by atoms with Gasteiger partial charge in [-0.1, -0.05) is 6.42 Å². The van der Waals surface area contributed by atoms with Crippen LogP contribution in [0.5, 0.6) is 0 Å². The van der Waals surface area contributed by atoms with Crippen molar-refractivity contribution >= 4 is 0 Å². The quantitative estimate of drug-likeness (QED) is 0.744. The van der Waals surface area contributed by atoms with Gasteiger partial charge in [-0.25, -0.2) is 0 Å². The molecule has 0 aliphatic heterocycles. The Hall–Kier alpha value is -0.760. The molecule has 1 aliphatic rings. The van der Waals surface area contributed by atoms with Crippen molar-refractivity contribution in [2.75, 3.05) is 6.61 Å². The zero-order valence-electron chi connectivity index (χ0n) is 7.12. The molecule has 1 fully saturated rings. The van der Waals surface area contributed by atoms with Gasteiger partial charge in [-0.15, -0.1) is 0 Å². The molecule has 1 N–H and O–H groups in total. The largest absolute Gasteiger partial charge is 0.469 e. The van der Waals surface area contributed by atoms with Crippen LogP contribution in [0, 0.1) is 5.41 Å². The molecule has 0 atom stereocenters. The molecule has 0 bridgehead atoms. The van der Waals surface area contributed by atoms with E-state index >= 15 is 0 Å². The smallest absolute Gasteiger partial charge is 0.104 e. The minimum Gasteiger partial charge on any atom is -0.469 e. The van der Waals surface area contributed by atoms with Crippen LogP contribution in [-0.2, 0) is 6.42 Å². The van der Waals surface area contributed by atoms with E-state index in [0.29, 0.717) is 6.61 Å². The van der Waals surface area contributed by atoms with Crippen LogP contribution in [0.2, 0.25) is 0 Å². The van der Waals surface area contributed by atoms with Crippen LogP contribution in [-0.4, -0.2) is 11.7 Å². The van der Waals surface area contributed by atoms with Gasteiger partial charge in [0.05, 0.1) is 6.26 Å². The van der Waals surface area contributed by atoms with E-state index in [4.69, 9.17) is 4.42 Å². The molecule has 2 nitrogen and oxygen atoms in total. The van der Waals surface area contributed by atoms with Gasteiger partial charge in [-0.05, 0) is 25.0 Å². The minimum absolute atomic E-state index is 0.151. The Bertz CT molecular complexity index is 229. The molecule has 0 saturated heterocycles. The molecule has 0 unspecified atom stereocenters. The van der Waals surface area contributed by atoms with Crippen molar-refractivity contribution in [3.05, 3.63) is 24.2 Å². The topological polar surface area (TPSA) is 33.4 Å². The van der Waals surface area contributed by atoms with Gasteiger partial charge in [0.25, 0.3) is 0 Å². The highest BCUT2D eigenvalue weighted by molar-refractivity contribution is 5.04. The lowest BCUT2D eigenvalue weighted by atomic mass is 9.67. The Labute approximate surface area is 72.2 Å². The zero-order valence-corrected chi connectivity index (χ0v) is 7.12. The summed E-state index contributed by atoms with van der Waals surface area (Å²) in [7, 11) is 0. The van der Waals surface area contributed by atoms with E-state index in [1.54, 1.807) is 6.26 Å². The lowest BCUT2D eigenvalue weighted by Crippen LogP contribution is -2.35. The van der Waals surface area contributed by atoms with Gasteiger partial charge < -0.3 is 9.52 Å². The maximum absolute atomic E-state index is 9.19. The van der Waals surface area contributed by atoms with Crippen LogP contribution in [0.1, 0.15) is 25.0 Å². The molecule has 1 aromatic heterocycles. The van der Waals surface area contributed by atoms with Gasteiger partial charge in [-0.2, -0.15) is 0 Å². The average molecular weight is 166 g/mol. The molecule has 0 spiro atoms. The van der Waals surface area contributed by atoms with E-state index < -0.39 is 0 Å². The van der Waals surface area contributed by atoms with Gasteiger partial charge >= 0.3 is 0 Å². The number of hydrogen-bond donors (Lipinski definition) is 1. The summed E-state index contributed by atoms with van der Waals surface area (Å²) in [6.45, 7) is 0.299. The maximum Gasteiger partial charge on any atom is 0.104 e. The standard InChI is InChI=1S/C10H14O2/c11-8-10(4-2-5-10)7-9-3-1-6-12-9/h1,3,6,11H,2,4-5,7-8H2. The van der Waals surface area contributed by atoms with Crippen molar-refractivity contribution in [3.8, 4) is 0 Å². The van der Waals surface area contributed by atoms with E-state index in [1.807, 2.05) is 12.1 Å². The Morgan fingerprint density at radius 1 is 1.50 bits per heavy atom. The summed E-state index contributed by atoms with van der Waals surface area (Å²) in [6, 6.07) is 3.88. The van der Waals surface area contributed by atoms with Gasteiger partial charge in [-0.3, -0.25) is 0 Å². The molecule has 1 aromatic rings. The number of rotatable bonds is 3. The zero-order chi connectivity index (χ0) is 8.44. The summed E-state index contributed by atoms with van der Waals surface area (Å²) < 4.78 is 5.26. The molecule has 2 rings (SSSR count). The van der Waals surface area contributed by atoms with Crippen LogP contribution >= 0.6 is 0 Å². The highest BCUT2D eigenvalue weighted by Gasteiger charge is 2.36. The molecule has 2 heteroatoms. The van der Waals surface area contributed by atoms with Gasteiger partial charge in [0.2, 0.25) is 0 Å². The molecule has 1 heterocycles. The summed E-state index contributed by atoms with van der Waals surface area (Å²) in [6.07, 6.45) is 6.13. The molecule has 66 valence electrons. The van der Waals surface area contributed by atoms with E-state index in [2.05, 4.69) is 0 Å². The minimum atomic E-state index is 0.151. The summed E-state index contributed by atoms with van der Waals surface area (Å²) >= 11 is 0. The number of aliphatic hydroxyl groups excluding tert-OH is 1. The summed E-state index contributed by atoms with van der Waals surface area (Å²) in [5.74, 6) is 1.00. The van der Waals surface area contributed by atoms with Crippen molar-refractivity contribution in [2.24, 2.45) is 5.41 Å². The van der Waals surface area contributed by atoms with Crippen LogP contribution in [0.25, 0.3) is 0 Å². The van der Waals surface area contributed by atoms with E-state index in [-0.39, 0.29) is 5.41 Å². The molecular weight excluding hydrogens is 152 g/mol. The van der Waals surface area contributed by atoms with Crippen molar-refractivity contribution in [1.82, 2.24) is 0 Å². The third-order valence-electron chi connectivity index (χ3n) is 2.88. The maximum atomic E-state index is 9.19. The summed E-state index contributed by atoms with van der Waals surface area (Å²) in [4.78, 5) is 0. The Kier molecular flexibility index (Phi) is 1.93. The first-order chi connectivity index (χ1) is 5.85. The molecule has 1 saturated carbocycles. The number of furan rings is 1. The van der Waals surface area contributed by atoms with E-state index in [0.717, 1.165) is 25.0 Å². The normalized spacial score (nSPS) is 20.4. The third-order valence-corrected chi connectivity index (χ3v) is 2.88. The lowest BCUT2D eigenvalue weighted by molar-refractivity contribution is 0.0401. The third kappa shape index (κ3) is 1.27. The predicted molar refractivity (Wildman–Crippen MR) is 45.8 cm³/mol.